The van der Waals surface area contributed by atoms with Gasteiger partial charge in [0.15, 0.2) is 0 Å². The molecular formula is C14H20N2O3. The minimum atomic E-state index is -0.588. The number of ether oxygens (including phenoxy) is 2. The predicted molar refractivity (Wildman–Crippen MR) is 72.0 cm³/mol. The van der Waals surface area contributed by atoms with Gasteiger partial charge in [0.05, 0.1) is 18.2 Å². The molecule has 2 atom stereocenters. The lowest BCUT2D eigenvalue weighted by Crippen LogP contribution is -2.38. The van der Waals surface area contributed by atoms with Crippen LogP contribution in [0.5, 0.6) is 5.75 Å². The zero-order valence-corrected chi connectivity index (χ0v) is 11.3. The second-order valence-corrected chi connectivity index (χ2v) is 4.37. The van der Waals surface area contributed by atoms with Crippen molar-refractivity contribution < 1.29 is 14.6 Å². The normalized spacial score (nSPS) is 13.6. The number of aliphatic hydroxyl groups excluding tert-OH is 1. The molecule has 0 aliphatic rings. The number of nitrogens with zero attached hydrogens (tertiary/aromatic N) is 1. The van der Waals surface area contributed by atoms with Crippen LogP contribution >= 0.6 is 0 Å². The number of methoxy groups -OCH3 is 1. The van der Waals surface area contributed by atoms with Gasteiger partial charge < -0.3 is 19.9 Å². The SMILES string of the molecule is COC[C@H](C)NC[C@@H](O)COc1ccc(C#N)cc1. The van der Waals surface area contributed by atoms with Crippen molar-refractivity contribution in [3.8, 4) is 11.8 Å². The maximum Gasteiger partial charge on any atom is 0.119 e. The van der Waals surface area contributed by atoms with E-state index in [0.717, 1.165) is 0 Å². The Morgan fingerprint density at radius 2 is 2.00 bits per heavy atom. The quantitative estimate of drug-likeness (QED) is 0.730. The molecule has 0 aliphatic carbocycles. The molecule has 0 saturated carbocycles. The van der Waals surface area contributed by atoms with Crippen LogP contribution in [-0.2, 0) is 4.74 Å². The molecule has 1 aromatic carbocycles. The van der Waals surface area contributed by atoms with E-state index >= 15 is 0 Å². The molecule has 5 heteroatoms. The van der Waals surface area contributed by atoms with Crippen molar-refractivity contribution in [2.75, 3.05) is 26.9 Å². The van der Waals surface area contributed by atoms with E-state index in [1.165, 1.54) is 0 Å². The summed E-state index contributed by atoms with van der Waals surface area (Å²) in [6.45, 7) is 3.24. The fourth-order valence-corrected chi connectivity index (χ4v) is 1.52. The highest BCUT2D eigenvalue weighted by molar-refractivity contribution is 5.34. The van der Waals surface area contributed by atoms with Crippen molar-refractivity contribution in [2.24, 2.45) is 0 Å². The number of nitrogens with one attached hydrogen (secondary N) is 1. The first kappa shape index (κ1) is 15.4. The maximum absolute atomic E-state index is 9.75. The summed E-state index contributed by atoms with van der Waals surface area (Å²) in [5.74, 6) is 0.642. The fraction of sp³-hybridized carbons (Fsp3) is 0.500. The Balaban J connectivity index is 2.25. The number of hydrogen-bond donors (Lipinski definition) is 2. The molecule has 0 saturated heterocycles. The van der Waals surface area contributed by atoms with Crippen LogP contribution in [0.4, 0.5) is 0 Å². The first-order chi connectivity index (χ1) is 9.15. The van der Waals surface area contributed by atoms with Crippen molar-refractivity contribution in [1.82, 2.24) is 5.32 Å². The number of benzene rings is 1. The third kappa shape index (κ3) is 6.20. The third-order valence-electron chi connectivity index (χ3n) is 2.54. The Labute approximate surface area is 113 Å². The first-order valence-electron chi connectivity index (χ1n) is 6.19. The summed E-state index contributed by atoms with van der Waals surface area (Å²) in [6, 6.07) is 9.02. The van der Waals surface area contributed by atoms with Crippen LogP contribution in [0.2, 0.25) is 0 Å². The van der Waals surface area contributed by atoms with Gasteiger partial charge in [-0.1, -0.05) is 0 Å². The van der Waals surface area contributed by atoms with Gasteiger partial charge in [-0.25, -0.2) is 0 Å². The summed E-state index contributed by atoms with van der Waals surface area (Å²) in [5, 5.41) is 21.6. The molecule has 0 bridgehead atoms. The molecule has 0 radical (unpaired) electrons. The molecule has 0 fully saturated rings. The van der Waals surface area contributed by atoms with E-state index in [4.69, 9.17) is 14.7 Å². The van der Waals surface area contributed by atoms with Gasteiger partial charge in [0.2, 0.25) is 0 Å². The predicted octanol–water partition coefficient (Wildman–Crippen LogP) is 0.922. The van der Waals surface area contributed by atoms with Gasteiger partial charge in [-0.15, -0.1) is 0 Å². The maximum atomic E-state index is 9.75. The summed E-state index contributed by atoms with van der Waals surface area (Å²) < 4.78 is 10.4. The molecule has 0 heterocycles. The average Bonchev–Trinajstić information content (AvgIpc) is 2.44. The summed E-state index contributed by atoms with van der Waals surface area (Å²) >= 11 is 0. The van der Waals surface area contributed by atoms with E-state index < -0.39 is 6.10 Å². The van der Waals surface area contributed by atoms with Gasteiger partial charge in [-0.3, -0.25) is 0 Å². The lowest BCUT2D eigenvalue weighted by molar-refractivity contribution is 0.0973. The van der Waals surface area contributed by atoms with Crippen LogP contribution in [0.15, 0.2) is 24.3 Å². The molecule has 0 aliphatic heterocycles. The standard InChI is InChI=1S/C14H20N2O3/c1-11(9-18-2)16-8-13(17)10-19-14-5-3-12(7-15)4-6-14/h3-6,11,13,16-17H,8-10H2,1-2H3/t11-,13+/m0/s1. The number of hydrogen-bond acceptors (Lipinski definition) is 5. The molecule has 5 nitrogen and oxygen atoms in total. The monoisotopic (exact) mass is 264 g/mol. The van der Waals surface area contributed by atoms with Crippen LogP contribution in [0, 0.1) is 11.3 Å². The average molecular weight is 264 g/mol. The molecule has 0 spiro atoms. The highest BCUT2D eigenvalue weighted by atomic mass is 16.5. The van der Waals surface area contributed by atoms with Crippen molar-refractivity contribution >= 4 is 0 Å². The second kappa shape index (κ2) is 8.48. The van der Waals surface area contributed by atoms with Gasteiger partial charge in [0.1, 0.15) is 18.5 Å². The Kier molecular flexibility index (Phi) is 6.90. The Morgan fingerprint density at radius 1 is 1.32 bits per heavy atom. The highest BCUT2D eigenvalue weighted by Gasteiger charge is 2.07. The van der Waals surface area contributed by atoms with Crippen LogP contribution in [-0.4, -0.2) is 44.1 Å². The van der Waals surface area contributed by atoms with E-state index in [1.54, 1.807) is 31.4 Å². The van der Waals surface area contributed by atoms with Gasteiger partial charge in [-0.2, -0.15) is 5.26 Å². The van der Waals surface area contributed by atoms with Crippen LogP contribution in [0.1, 0.15) is 12.5 Å². The summed E-state index contributed by atoms with van der Waals surface area (Å²) in [7, 11) is 1.64. The zero-order chi connectivity index (χ0) is 14.1. The van der Waals surface area contributed by atoms with Gasteiger partial charge in [-0.05, 0) is 31.2 Å². The van der Waals surface area contributed by atoms with Crippen molar-refractivity contribution in [1.29, 1.82) is 5.26 Å². The number of nitriles is 1. The fourth-order valence-electron chi connectivity index (χ4n) is 1.52. The minimum absolute atomic E-state index is 0.189. The van der Waals surface area contributed by atoms with E-state index in [-0.39, 0.29) is 12.6 Å². The third-order valence-corrected chi connectivity index (χ3v) is 2.54. The van der Waals surface area contributed by atoms with Crippen molar-refractivity contribution in [3.63, 3.8) is 0 Å². The van der Waals surface area contributed by atoms with Gasteiger partial charge in [0.25, 0.3) is 0 Å². The lowest BCUT2D eigenvalue weighted by Gasteiger charge is -2.17. The Hall–Kier alpha value is -1.61. The molecule has 1 aromatic rings. The molecule has 0 aromatic heterocycles. The van der Waals surface area contributed by atoms with Crippen molar-refractivity contribution in [2.45, 2.75) is 19.1 Å². The summed E-state index contributed by atoms with van der Waals surface area (Å²) in [4.78, 5) is 0. The van der Waals surface area contributed by atoms with Crippen LogP contribution in [0.25, 0.3) is 0 Å². The van der Waals surface area contributed by atoms with Gasteiger partial charge >= 0.3 is 0 Å². The molecule has 0 unspecified atom stereocenters. The number of rotatable bonds is 8. The topological polar surface area (TPSA) is 74.5 Å². The highest BCUT2D eigenvalue weighted by Crippen LogP contribution is 2.11. The Bertz CT molecular complexity index is 400. The van der Waals surface area contributed by atoms with E-state index in [9.17, 15) is 5.11 Å². The molecule has 0 amide bonds. The summed E-state index contributed by atoms with van der Waals surface area (Å²) in [6.07, 6.45) is -0.588. The number of aliphatic hydroxyl groups is 1. The molecule has 2 N–H and O–H groups in total. The molecular weight excluding hydrogens is 244 g/mol. The van der Waals surface area contributed by atoms with Crippen LogP contribution < -0.4 is 10.1 Å². The second-order valence-electron chi connectivity index (χ2n) is 4.37. The lowest BCUT2D eigenvalue weighted by atomic mass is 10.2. The zero-order valence-electron chi connectivity index (χ0n) is 11.3. The first-order valence-corrected chi connectivity index (χ1v) is 6.19. The largest absolute Gasteiger partial charge is 0.491 e. The summed E-state index contributed by atoms with van der Waals surface area (Å²) in [5.41, 5.74) is 0.586. The van der Waals surface area contributed by atoms with Crippen molar-refractivity contribution in [3.05, 3.63) is 29.8 Å². The van der Waals surface area contributed by atoms with Gasteiger partial charge in [0, 0.05) is 19.7 Å². The minimum Gasteiger partial charge on any atom is -0.491 e. The molecule has 19 heavy (non-hydrogen) atoms. The van der Waals surface area contributed by atoms with E-state index in [2.05, 4.69) is 5.32 Å². The molecule has 104 valence electrons. The van der Waals surface area contributed by atoms with E-state index in [1.807, 2.05) is 13.0 Å². The molecule has 1 rings (SSSR count). The smallest absolute Gasteiger partial charge is 0.119 e. The Morgan fingerprint density at radius 3 is 2.58 bits per heavy atom. The van der Waals surface area contributed by atoms with Crippen LogP contribution in [0.3, 0.4) is 0 Å². The van der Waals surface area contributed by atoms with E-state index in [0.29, 0.717) is 24.5 Å².